The number of ether oxygens (including phenoxy) is 6. The van der Waals surface area contributed by atoms with Gasteiger partial charge in [-0.2, -0.15) is 0 Å². The van der Waals surface area contributed by atoms with Crippen LogP contribution in [-0.4, -0.2) is 99.5 Å². The normalized spacial score (nSPS) is 31.8. The van der Waals surface area contributed by atoms with Gasteiger partial charge in [-0.15, -0.1) is 0 Å². The molecule has 57 heavy (non-hydrogen) atoms. The zero-order valence-electron chi connectivity index (χ0n) is 34.0. The summed E-state index contributed by atoms with van der Waals surface area (Å²) in [6.07, 6.45) is -3.67. The largest absolute Gasteiger partial charge is 0.459 e. The van der Waals surface area contributed by atoms with Gasteiger partial charge in [0, 0.05) is 57.5 Å². The van der Waals surface area contributed by atoms with Crippen molar-refractivity contribution < 1.29 is 62.6 Å². The minimum absolute atomic E-state index is 0.0344. The fraction of sp³-hybridized carbons (Fsp3) is 0.535. The van der Waals surface area contributed by atoms with E-state index in [-0.39, 0.29) is 29.2 Å². The van der Waals surface area contributed by atoms with Gasteiger partial charge < -0.3 is 38.6 Å². The molecule has 1 aromatic heterocycles. The van der Waals surface area contributed by atoms with E-state index in [1.165, 1.54) is 37.5 Å². The predicted molar refractivity (Wildman–Crippen MR) is 205 cm³/mol. The Balaban J connectivity index is 2.06. The highest BCUT2D eigenvalue weighted by Gasteiger charge is 2.70. The molecule has 4 rings (SSSR count). The Morgan fingerprint density at radius 3 is 1.98 bits per heavy atom. The zero-order chi connectivity index (χ0) is 42.5. The Labute approximate surface area is 333 Å². The van der Waals surface area contributed by atoms with Gasteiger partial charge in [-0.3, -0.25) is 19.4 Å². The zero-order valence-corrected chi connectivity index (χ0v) is 34.0. The van der Waals surface area contributed by atoms with Crippen LogP contribution in [0, 0.1) is 23.2 Å². The molecule has 310 valence electrons. The van der Waals surface area contributed by atoms with Crippen LogP contribution in [0.15, 0.2) is 79.2 Å². The number of fused-ring (bicyclic) bond motifs is 1. The molecule has 2 aliphatic carbocycles. The molecule has 0 spiro atoms. The van der Waals surface area contributed by atoms with Crippen molar-refractivity contribution in [3.8, 4) is 0 Å². The van der Waals surface area contributed by atoms with Gasteiger partial charge in [-0.1, -0.05) is 71.5 Å². The van der Waals surface area contributed by atoms with E-state index in [0.717, 1.165) is 20.8 Å². The molecule has 0 radical (unpaired) electrons. The Kier molecular flexibility index (Phi) is 14.2. The third kappa shape index (κ3) is 10.3. The lowest BCUT2D eigenvalue weighted by molar-refractivity contribution is -0.193. The van der Waals surface area contributed by atoms with Crippen LogP contribution in [0.2, 0.25) is 0 Å². The first-order chi connectivity index (χ1) is 26.6. The van der Waals surface area contributed by atoms with Crippen LogP contribution in [-0.2, 0) is 42.8 Å². The number of aromatic nitrogens is 1. The van der Waals surface area contributed by atoms with Crippen LogP contribution >= 0.6 is 0 Å². The van der Waals surface area contributed by atoms with E-state index in [4.69, 9.17) is 28.4 Å². The quantitative estimate of drug-likeness (QED) is 0.186. The summed E-state index contributed by atoms with van der Waals surface area (Å²) in [6, 6.07) is 11.0. The van der Waals surface area contributed by atoms with Gasteiger partial charge in [-0.05, 0) is 42.7 Å². The maximum absolute atomic E-state index is 13.9. The Morgan fingerprint density at radius 2 is 1.42 bits per heavy atom. The molecule has 1 heterocycles. The molecule has 0 amide bonds. The molecule has 0 saturated heterocycles. The molecule has 14 heteroatoms. The number of aliphatic hydroxyl groups excluding tert-OH is 1. The molecular weight excluding hydrogens is 738 g/mol. The van der Waals surface area contributed by atoms with E-state index >= 15 is 0 Å². The maximum atomic E-state index is 13.9. The monoisotopic (exact) mass is 793 g/mol. The van der Waals surface area contributed by atoms with Crippen LogP contribution in [0.3, 0.4) is 0 Å². The fourth-order valence-electron chi connectivity index (χ4n) is 7.88. The van der Waals surface area contributed by atoms with E-state index in [1.807, 2.05) is 13.8 Å². The van der Waals surface area contributed by atoms with Crippen molar-refractivity contribution in [1.82, 2.24) is 4.98 Å². The molecule has 2 aromatic rings. The Morgan fingerprint density at radius 1 is 0.825 bits per heavy atom. The second-order valence-corrected chi connectivity index (χ2v) is 16.2. The third-order valence-electron chi connectivity index (χ3n) is 10.3. The van der Waals surface area contributed by atoms with Crippen molar-refractivity contribution in [1.29, 1.82) is 0 Å². The van der Waals surface area contributed by atoms with E-state index in [9.17, 15) is 34.2 Å². The summed E-state index contributed by atoms with van der Waals surface area (Å²) < 4.78 is 36.5. The van der Waals surface area contributed by atoms with E-state index in [2.05, 4.69) is 11.6 Å². The molecule has 0 aliphatic heterocycles. The number of pyridine rings is 1. The summed E-state index contributed by atoms with van der Waals surface area (Å²) in [4.78, 5) is 70.4. The number of aliphatic hydroxyl groups is 2. The second kappa shape index (κ2) is 18.1. The number of benzene rings is 1. The molecular formula is C43H55NO13. The maximum Gasteiger partial charge on any atom is 0.340 e. The number of esters is 5. The third-order valence-corrected chi connectivity index (χ3v) is 10.3. The highest BCUT2D eigenvalue weighted by Crippen LogP contribution is 2.54. The first-order valence-electron chi connectivity index (χ1n) is 18.9. The van der Waals surface area contributed by atoms with Crippen molar-refractivity contribution in [2.45, 2.75) is 117 Å². The Hall–Kier alpha value is -4.92. The molecule has 1 saturated carbocycles. The minimum Gasteiger partial charge on any atom is -0.459 e. The molecule has 0 unspecified atom stereocenters. The SMILES string of the molecule is C=C1[C@H](OCC(C)C)[C@@H](O)[C@@H](OC(=O)c2cccnc2)C(C)(C)/C=C\[C@H](C)[C@H](OC(C)=O)[C@@]2(O)C[C@@](C)(OC(C)=O)[C@H](OC(=O)c3ccccc3)[C@@H]2[C@H]1OC(C)=O. The lowest BCUT2D eigenvalue weighted by atomic mass is 9.71. The molecule has 1 fully saturated rings. The average molecular weight is 794 g/mol. The summed E-state index contributed by atoms with van der Waals surface area (Å²) in [7, 11) is 0. The molecule has 0 bridgehead atoms. The number of carbonyl (C=O) groups is 5. The summed E-state index contributed by atoms with van der Waals surface area (Å²) >= 11 is 0. The van der Waals surface area contributed by atoms with Crippen molar-refractivity contribution in [3.05, 3.63) is 90.3 Å². The predicted octanol–water partition coefficient (Wildman–Crippen LogP) is 4.96. The van der Waals surface area contributed by atoms with Crippen molar-refractivity contribution in [3.63, 3.8) is 0 Å². The standard InChI is InChI=1S/C43H55NO13/c1-24(2)22-52-35-26(4)34(53-27(5)45)32-37(55-39(49)30-15-12-11-13-16-30)42(10,57-29(7)47)23-43(32,51)36(54-28(6)46)25(3)18-19-41(8,9)38(33(35)48)56-40(50)31-17-14-20-44-21-31/h11-21,24-25,32-38,48,51H,4,22-23H2,1-3,5-10H3/b19-18-/t25-,32-,33+,34-,35-,36-,37+,38+,42+,43+/m0/s1. The van der Waals surface area contributed by atoms with Gasteiger partial charge >= 0.3 is 29.8 Å². The van der Waals surface area contributed by atoms with Gasteiger partial charge in [-0.25, -0.2) is 9.59 Å². The number of carbonyl (C=O) groups excluding carboxylic acids is 5. The van der Waals surface area contributed by atoms with Gasteiger partial charge in [0.1, 0.15) is 41.7 Å². The summed E-state index contributed by atoms with van der Waals surface area (Å²) in [5, 5.41) is 25.7. The van der Waals surface area contributed by atoms with Gasteiger partial charge in [0.2, 0.25) is 0 Å². The lowest BCUT2D eigenvalue weighted by Crippen LogP contribution is -2.59. The first-order valence-corrected chi connectivity index (χ1v) is 18.9. The molecule has 10 atom stereocenters. The second-order valence-electron chi connectivity index (χ2n) is 16.2. The molecule has 14 nitrogen and oxygen atoms in total. The van der Waals surface area contributed by atoms with Crippen LogP contribution in [0.1, 0.15) is 89.5 Å². The van der Waals surface area contributed by atoms with E-state index in [1.54, 1.807) is 57.2 Å². The molecule has 2 aliphatic rings. The smallest absolute Gasteiger partial charge is 0.340 e. The molecule has 2 N–H and O–H groups in total. The van der Waals surface area contributed by atoms with Gasteiger partial charge in [0.05, 0.1) is 17.0 Å². The van der Waals surface area contributed by atoms with Crippen molar-refractivity contribution in [2.24, 2.45) is 23.2 Å². The number of hydrogen-bond acceptors (Lipinski definition) is 14. The van der Waals surface area contributed by atoms with Crippen molar-refractivity contribution in [2.75, 3.05) is 6.61 Å². The van der Waals surface area contributed by atoms with Crippen LogP contribution in [0.5, 0.6) is 0 Å². The Bertz CT molecular complexity index is 1810. The van der Waals surface area contributed by atoms with E-state index < -0.39 is 101 Å². The number of nitrogens with zero attached hydrogens (tertiary/aromatic N) is 1. The lowest BCUT2D eigenvalue weighted by Gasteiger charge is -2.46. The van der Waals surface area contributed by atoms with Crippen LogP contribution < -0.4 is 0 Å². The highest BCUT2D eigenvalue weighted by atomic mass is 16.6. The topological polar surface area (TPSA) is 194 Å². The number of hydrogen-bond donors (Lipinski definition) is 2. The van der Waals surface area contributed by atoms with Crippen LogP contribution in [0.4, 0.5) is 0 Å². The number of rotatable bonds is 10. The summed E-state index contributed by atoms with van der Waals surface area (Å²) in [5.41, 5.74) is -5.21. The molecule has 1 aromatic carbocycles. The van der Waals surface area contributed by atoms with E-state index in [0.29, 0.717) is 0 Å². The summed E-state index contributed by atoms with van der Waals surface area (Å²) in [6.45, 7) is 18.0. The fourth-order valence-corrected chi connectivity index (χ4v) is 7.88. The summed E-state index contributed by atoms with van der Waals surface area (Å²) in [5.74, 6) is -6.65. The minimum atomic E-state index is -2.30. The van der Waals surface area contributed by atoms with Crippen LogP contribution in [0.25, 0.3) is 0 Å². The highest BCUT2D eigenvalue weighted by molar-refractivity contribution is 5.90. The first kappa shape index (κ1) is 44.8. The average Bonchev–Trinajstić information content (AvgIpc) is 3.35. The van der Waals surface area contributed by atoms with Crippen molar-refractivity contribution >= 4 is 29.8 Å². The van der Waals surface area contributed by atoms with Gasteiger partial charge in [0.15, 0.2) is 6.10 Å². The van der Waals surface area contributed by atoms with Gasteiger partial charge in [0.25, 0.3) is 0 Å².